The van der Waals surface area contributed by atoms with Crippen molar-refractivity contribution in [2.24, 2.45) is 11.7 Å². The third-order valence-electron chi connectivity index (χ3n) is 4.28. The van der Waals surface area contributed by atoms with Crippen LogP contribution in [0.15, 0.2) is 24.3 Å². The average molecular weight is 386 g/mol. The predicted octanol–water partition coefficient (Wildman–Crippen LogP) is 3.27. The van der Waals surface area contributed by atoms with Gasteiger partial charge in [0.2, 0.25) is 0 Å². The molecule has 2 unspecified atom stereocenters. The highest BCUT2D eigenvalue weighted by atomic mass is 127. The van der Waals surface area contributed by atoms with Crippen molar-refractivity contribution >= 4 is 28.5 Å². The SMILES string of the molecule is CCN(C(=O)c1ccccc1I)C1CCCCC1CN. The molecular weight excluding hydrogens is 363 g/mol. The monoisotopic (exact) mass is 386 g/mol. The molecule has 0 spiro atoms. The Kier molecular flexibility index (Phi) is 5.84. The topological polar surface area (TPSA) is 46.3 Å². The van der Waals surface area contributed by atoms with Crippen LogP contribution in [-0.2, 0) is 0 Å². The molecule has 1 aliphatic rings. The van der Waals surface area contributed by atoms with Gasteiger partial charge >= 0.3 is 0 Å². The van der Waals surface area contributed by atoms with Crippen LogP contribution in [0, 0.1) is 9.49 Å². The Morgan fingerprint density at radius 2 is 2.05 bits per heavy atom. The van der Waals surface area contributed by atoms with Gasteiger partial charge in [-0.2, -0.15) is 0 Å². The van der Waals surface area contributed by atoms with Crippen LogP contribution in [0.3, 0.4) is 0 Å². The maximum absolute atomic E-state index is 12.8. The number of halogens is 1. The summed E-state index contributed by atoms with van der Waals surface area (Å²) in [5.41, 5.74) is 6.73. The molecule has 0 radical (unpaired) electrons. The van der Waals surface area contributed by atoms with E-state index in [-0.39, 0.29) is 5.91 Å². The summed E-state index contributed by atoms with van der Waals surface area (Å²) in [6, 6.07) is 8.13. The van der Waals surface area contributed by atoms with Gasteiger partial charge in [0.15, 0.2) is 0 Å². The number of carbonyl (C=O) groups excluding carboxylic acids is 1. The third-order valence-corrected chi connectivity index (χ3v) is 5.22. The van der Waals surface area contributed by atoms with Crippen molar-refractivity contribution in [2.75, 3.05) is 13.1 Å². The van der Waals surface area contributed by atoms with Gasteiger partial charge in [0, 0.05) is 16.2 Å². The van der Waals surface area contributed by atoms with Crippen LogP contribution in [0.2, 0.25) is 0 Å². The van der Waals surface area contributed by atoms with Crippen LogP contribution in [0.25, 0.3) is 0 Å². The van der Waals surface area contributed by atoms with E-state index in [1.54, 1.807) is 0 Å². The molecule has 1 fully saturated rings. The summed E-state index contributed by atoms with van der Waals surface area (Å²) in [5, 5.41) is 0. The first kappa shape index (κ1) is 15.8. The number of carbonyl (C=O) groups is 1. The van der Waals surface area contributed by atoms with Gasteiger partial charge in [-0.05, 0) is 67.0 Å². The Labute approximate surface area is 135 Å². The number of nitrogens with two attached hydrogens (primary N) is 1. The summed E-state index contributed by atoms with van der Waals surface area (Å²) in [6.07, 6.45) is 4.69. The molecule has 3 nitrogen and oxygen atoms in total. The Balaban J connectivity index is 2.23. The van der Waals surface area contributed by atoms with Crippen molar-refractivity contribution in [3.63, 3.8) is 0 Å². The zero-order chi connectivity index (χ0) is 14.5. The molecule has 0 heterocycles. The summed E-state index contributed by atoms with van der Waals surface area (Å²) in [4.78, 5) is 14.9. The molecule has 1 aliphatic carbocycles. The van der Waals surface area contributed by atoms with Crippen LogP contribution < -0.4 is 5.73 Å². The van der Waals surface area contributed by atoms with E-state index in [2.05, 4.69) is 29.5 Å². The van der Waals surface area contributed by atoms with Crippen molar-refractivity contribution in [3.05, 3.63) is 33.4 Å². The minimum Gasteiger partial charge on any atom is -0.336 e. The van der Waals surface area contributed by atoms with Crippen molar-refractivity contribution < 1.29 is 4.79 Å². The minimum atomic E-state index is 0.155. The molecule has 1 aromatic carbocycles. The fraction of sp³-hybridized carbons (Fsp3) is 0.562. The molecule has 110 valence electrons. The molecule has 2 N–H and O–H groups in total. The largest absolute Gasteiger partial charge is 0.336 e. The standard InChI is InChI=1S/C16H23IN2O/c1-2-19(15-10-6-3-7-12(15)11-18)16(20)13-8-4-5-9-14(13)17/h4-5,8-9,12,15H,2-3,6-7,10-11,18H2,1H3. The first-order valence-corrected chi connectivity index (χ1v) is 8.52. The van der Waals surface area contributed by atoms with Crippen LogP contribution in [-0.4, -0.2) is 29.9 Å². The van der Waals surface area contributed by atoms with Gasteiger partial charge < -0.3 is 10.6 Å². The maximum atomic E-state index is 12.8. The summed E-state index contributed by atoms with van der Waals surface area (Å²) < 4.78 is 1.02. The fourth-order valence-electron chi connectivity index (χ4n) is 3.19. The molecule has 4 heteroatoms. The van der Waals surface area contributed by atoms with E-state index in [9.17, 15) is 4.79 Å². The molecule has 0 aromatic heterocycles. The van der Waals surface area contributed by atoms with Gasteiger partial charge in [-0.25, -0.2) is 0 Å². The quantitative estimate of drug-likeness (QED) is 0.808. The number of nitrogens with zero attached hydrogens (tertiary/aromatic N) is 1. The molecule has 0 saturated heterocycles. The van der Waals surface area contributed by atoms with Gasteiger partial charge in [0.05, 0.1) is 5.56 Å². The maximum Gasteiger partial charge on any atom is 0.255 e. The lowest BCUT2D eigenvalue weighted by Gasteiger charge is -2.39. The lowest BCUT2D eigenvalue weighted by atomic mass is 9.83. The van der Waals surface area contributed by atoms with Crippen LogP contribution in [0.4, 0.5) is 0 Å². The lowest BCUT2D eigenvalue weighted by Crippen LogP contribution is -2.48. The Morgan fingerprint density at radius 3 is 2.70 bits per heavy atom. The Hall–Kier alpha value is -0.620. The van der Waals surface area contributed by atoms with E-state index in [0.29, 0.717) is 18.5 Å². The summed E-state index contributed by atoms with van der Waals surface area (Å²) in [6.45, 7) is 3.50. The average Bonchev–Trinajstić information content (AvgIpc) is 2.49. The fourth-order valence-corrected chi connectivity index (χ4v) is 3.81. The minimum absolute atomic E-state index is 0.155. The molecule has 1 amide bonds. The van der Waals surface area contributed by atoms with E-state index >= 15 is 0 Å². The highest BCUT2D eigenvalue weighted by Crippen LogP contribution is 2.29. The first-order chi connectivity index (χ1) is 9.69. The number of rotatable bonds is 4. The third kappa shape index (κ3) is 3.34. The van der Waals surface area contributed by atoms with Crippen LogP contribution in [0.5, 0.6) is 0 Å². The van der Waals surface area contributed by atoms with E-state index in [1.165, 1.54) is 12.8 Å². The van der Waals surface area contributed by atoms with Gasteiger partial charge in [-0.1, -0.05) is 25.0 Å². The lowest BCUT2D eigenvalue weighted by molar-refractivity contribution is 0.0559. The number of hydrogen-bond acceptors (Lipinski definition) is 2. The smallest absolute Gasteiger partial charge is 0.255 e. The highest BCUT2D eigenvalue weighted by Gasteiger charge is 2.32. The van der Waals surface area contributed by atoms with Gasteiger partial charge in [0.25, 0.3) is 5.91 Å². The molecule has 1 saturated carbocycles. The number of benzene rings is 1. The summed E-state index contributed by atoms with van der Waals surface area (Å²) in [7, 11) is 0. The van der Waals surface area contributed by atoms with Gasteiger partial charge in [-0.3, -0.25) is 4.79 Å². The normalized spacial score (nSPS) is 22.6. The molecular formula is C16H23IN2O. The molecule has 1 aromatic rings. The summed E-state index contributed by atoms with van der Waals surface area (Å²) in [5.74, 6) is 0.608. The second-order valence-electron chi connectivity index (χ2n) is 5.42. The van der Waals surface area contributed by atoms with Crippen molar-refractivity contribution in [1.82, 2.24) is 4.90 Å². The van der Waals surface area contributed by atoms with E-state index in [4.69, 9.17) is 5.73 Å². The molecule has 0 aliphatic heterocycles. The molecule has 20 heavy (non-hydrogen) atoms. The first-order valence-electron chi connectivity index (χ1n) is 7.44. The Morgan fingerprint density at radius 1 is 1.35 bits per heavy atom. The Bertz CT molecular complexity index is 464. The van der Waals surface area contributed by atoms with Crippen molar-refractivity contribution in [1.29, 1.82) is 0 Å². The van der Waals surface area contributed by atoms with Gasteiger partial charge in [0.1, 0.15) is 0 Å². The van der Waals surface area contributed by atoms with E-state index in [1.807, 2.05) is 29.2 Å². The molecule has 2 rings (SSSR count). The number of hydrogen-bond donors (Lipinski definition) is 1. The second-order valence-corrected chi connectivity index (χ2v) is 6.58. The number of amides is 1. The van der Waals surface area contributed by atoms with Gasteiger partial charge in [-0.15, -0.1) is 0 Å². The predicted molar refractivity (Wildman–Crippen MR) is 90.7 cm³/mol. The van der Waals surface area contributed by atoms with E-state index < -0.39 is 0 Å². The zero-order valence-electron chi connectivity index (χ0n) is 12.0. The second kappa shape index (κ2) is 7.41. The molecule has 0 bridgehead atoms. The van der Waals surface area contributed by atoms with E-state index in [0.717, 1.165) is 28.5 Å². The van der Waals surface area contributed by atoms with Crippen LogP contribution in [0.1, 0.15) is 43.0 Å². The van der Waals surface area contributed by atoms with Crippen molar-refractivity contribution in [2.45, 2.75) is 38.6 Å². The molecule has 2 atom stereocenters. The zero-order valence-corrected chi connectivity index (χ0v) is 14.2. The summed E-state index contributed by atoms with van der Waals surface area (Å²) >= 11 is 2.24. The highest BCUT2D eigenvalue weighted by molar-refractivity contribution is 14.1. The van der Waals surface area contributed by atoms with Crippen LogP contribution >= 0.6 is 22.6 Å². The van der Waals surface area contributed by atoms with Crippen molar-refractivity contribution in [3.8, 4) is 0 Å².